The van der Waals surface area contributed by atoms with Gasteiger partial charge in [-0.05, 0) is 0 Å². The number of hydrogen-bond acceptors (Lipinski definition) is 4. The zero-order valence-electron chi connectivity index (χ0n) is 5.20. The molecule has 0 aromatic carbocycles. The van der Waals surface area contributed by atoms with Crippen LogP contribution in [-0.2, 0) is 9.53 Å². The molecule has 0 saturated carbocycles. The molecule has 0 fully saturated rings. The lowest BCUT2D eigenvalue weighted by molar-refractivity contribution is -0.135. The molecule has 0 aromatic heterocycles. The molecular weight excluding hydrogens is 168 g/mol. The summed E-state index contributed by atoms with van der Waals surface area (Å²) in [7, 11) is 0. The number of carbonyl (C=O) groups excluding carboxylic acids is 1. The van der Waals surface area contributed by atoms with Crippen LogP contribution in [0.3, 0.4) is 0 Å². The molecule has 0 aliphatic rings. The molecule has 10 heavy (non-hydrogen) atoms. The van der Waals surface area contributed by atoms with E-state index >= 15 is 0 Å². The van der Waals surface area contributed by atoms with Gasteiger partial charge < -0.3 is 4.74 Å². The highest BCUT2D eigenvalue weighted by molar-refractivity contribution is 7.88. The first kappa shape index (κ1) is 9.39. The molecule has 0 aliphatic heterocycles. The summed E-state index contributed by atoms with van der Waals surface area (Å²) in [5, 5.41) is 1.30. The van der Waals surface area contributed by atoms with Crippen molar-refractivity contribution in [2.24, 2.45) is 0 Å². The fraction of sp³-hybridized carbons (Fsp3) is 0.167. The normalized spacial score (nSPS) is 8.00. The topological polar surface area (TPSA) is 26.3 Å². The van der Waals surface area contributed by atoms with E-state index in [1.54, 1.807) is 0 Å². The molecule has 4 heteroatoms. The van der Waals surface area contributed by atoms with Crippen LogP contribution < -0.4 is 0 Å². The average molecular weight is 174 g/mol. The third kappa shape index (κ3) is 4.29. The van der Waals surface area contributed by atoms with Crippen molar-refractivity contribution in [3.05, 3.63) is 12.7 Å². The Morgan fingerprint density at radius 3 is 2.70 bits per heavy atom. The highest BCUT2D eigenvalue weighted by Gasteiger charge is 1.95. The van der Waals surface area contributed by atoms with Crippen molar-refractivity contribution in [2.45, 2.75) is 0 Å². The van der Waals surface area contributed by atoms with Crippen LogP contribution in [0.15, 0.2) is 12.7 Å². The van der Waals surface area contributed by atoms with Gasteiger partial charge in [-0.1, -0.05) is 31.0 Å². The number of carbonyl (C=O) groups is 1. The van der Waals surface area contributed by atoms with Crippen LogP contribution in [0.4, 0.5) is 0 Å². The Bertz CT molecular complexity index is 155. The first-order chi connectivity index (χ1) is 4.70. The van der Waals surface area contributed by atoms with Gasteiger partial charge in [0.05, 0.1) is 4.86 Å². The standard InChI is InChI=1S/C6H6O2S2/c1-2-6(7)8-3-5(10)4-9/h2,4H,1,3H2. The van der Waals surface area contributed by atoms with E-state index in [9.17, 15) is 4.79 Å². The van der Waals surface area contributed by atoms with Crippen molar-refractivity contribution >= 4 is 40.6 Å². The quantitative estimate of drug-likeness (QED) is 0.362. The van der Waals surface area contributed by atoms with Crippen LogP contribution >= 0.6 is 24.4 Å². The summed E-state index contributed by atoms with van der Waals surface area (Å²) in [5.74, 6) is -0.487. The van der Waals surface area contributed by atoms with Gasteiger partial charge in [0.2, 0.25) is 0 Å². The number of rotatable bonds is 4. The second-order valence-electron chi connectivity index (χ2n) is 1.40. The van der Waals surface area contributed by atoms with E-state index in [-0.39, 0.29) is 6.61 Å². The summed E-state index contributed by atoms with van der Waals surface area (Å²) >= 11 is 9.13. The summed E-state index contributed by atoms with van der Waals surface area (Å²) in [5.41, 5.74) is 0. The van der Waals surface area contributed by atoms with Crippen molar-refractivity contribution in [2.75, 3.05) is 6.61 Å². The van der Waals surface area contributed by atoms with Gasteiger partial charge in [0.1, 0.15) is 6.61 Å². The molecule has 0 rings (SSSR count). The summed E-state index contributed by atoms with van der Waals surface area (Å²) in [6.07, 6.45) is 1.08. The molecule has 0 aromatic rings. The van der Waals surface area contributed by atoms with Gasteiger partial charge in [-0.2, -0.15) is 0 Å². The first-order valence-corrected chi connectivity index (χ1v) is 3.36. The number of ether oxygens (including phenoxy) is 1. The van der Waals surface area contributed by atoms with E-state index in [1.165, 1.54) is 5.37 Å². The SMILES string of the molecule is C=CC(=O)OCC(=S)C=S. The average Bonchev–Trinajstić information content (AvgIpc) is 1.99. The fourth-order valence-corrected chi connectivity index (χ4v) is 0.362. The Kier molecular flexibility index (Phi) is 4.88. The second-order valence-corrected chi connectivity index (χ2v) is 2.16. The monoisotopic (exact) mass is 174 g/mol. The van der Waals surface area contributed by atoms with Crippen LogP contribution in [0, 0.1) is 0 Å². The summed E-state index contributed by atoms with van der Waals surface area (Å²) < 4.78 is 4.55. The third-order valence-corrected chi connectivity index (χ3v) is 1.32. The Morgan fingerprint density at radius 1 is 1.70 bits per heavy atom. The van der Waals surface area contributed by atoms with E-state index in [2.05, 4.69) is 35.8 Å². The second kappa shape index (κ2) is 5.20. The molecule has 0 bridgehead atoms. The molecule has 0 N–H and O–H groups in total. The Labute approximate surface area is 69.9 Å². The highest BCUT2D eigenvalue weighted by atomic mass is 32.1. The molecule has 0 spiro atoms. The molecule has 0 amide bonds. The van der Waals surface area contributed by atoms with Gasteiger partial charge in [-0.3, -0.25) is 0 Å². The van der Waals surface area contributed by atoms with Gasteiger partial charge in [0.25, 0.3) is 0 Å². The van der Waals surface area contributed by atoms with Crippen LogP contribution in [0.2, 0.25) is 0 Å². The molecular formula is C6H6O2S2. The van der Waals surface area contributed by atoms with Crippen molar-refractivity contribution in [3.63, 3.8) is 0 Å². The molecule has 0 atom stereocenters. The largest absolute Gasteiger partial charge is 0.457 e. The van der Waals surface area contributed by atoms with E-state index in [1.807, 2.05) is 0 Å². The lowest BCUT2D eigenvalue weighted by Gasteiger charge is -1.96. The van der Waals surface area contributed by atoms with Crippen molar-refractivity contribution in [1.82, 2.24) is 0 Å². The predicted molar refractivity (Wildman–Crippen MR) is 47.4 cm³/mol. The zero-order chi connectivity index (χ0) is 7.98. The number of esters is 1. The Hall–Kier alpha value is -0.610. The smallest absolute Gasteiger partial charge is 0.330 e. The van der Waals surface area contributed by atoms with Gasteiger partial charge in [0, 0.05) is 11.4 Å². The van der Waals surface area contributed by atoms with E-state index in [0.717, 1.165) is 6.08 Å². The van der Waals surface area contributed by atoms with Crippen molar-refractivity contribution in [1.29, 1.82) is 0 Å². The fourth-order valence-electron chi connectivity index (χ4n) is 0.235. The molecule has 54 valence electrons. The molecule has 0 unspecified atom stereocenters. The zero-order valence-corrected chi connectivity index (χ0v) is 6.83. The van der Waals surface area contributed by atoms with Gasteiger partial charge in [0.15, 0.2) is 0 Å². The maximum Gasteiger partial charge on any atom is 0.330 e. The van der Waals surface area contributed by atoms with Crippen LogP contribution in [0.5, 0.6) is 0 Å². The van der Waals surface area contributed by atoms with Crippen molar-refractivity contribution < 1.29 is 9.53 Å². The highest BCUT2D eigenvalue weighted by Crippen LogP contribution is 1.81. The maximum absolute atomic E-state index is 10.4. The van der Waals surface area contributed by atoms with Crippen molar-refractivity contribution in [3.8, 4) is 0 Å². The minimum atomic E-state index is -0.487. The lowest BCUT2D eigenvalue weighted by Crippen LogP contribution is -2.10. The summed E-state index contributed by atoms with van der Waals surface area (Å²) in [6.45, 7) is 3.28. The Morgan fingerprint density at radius 2 is 2.30 bits per heavy atom. The minimum Gasteiger partial charge on any atom is -0.457 e. The molecule has 0 aliphatic carbocycles. The van der Waals surface area contributed by atoms with Gasteiger partial charge >= 0.3 is 5.97 Å². The van der Waals surface area contributed by atoms with Gasteiger partial charge in [-0.25, -0.2) is 4.79 Å². The molecule has 2 nitrogen and oxygen atoms in total. The molecule has 0 heterocycles. The van der Waals surface area contributed by atoms with Crippen LogP contribution in [0.25, 0.3) is 0 Å². The summed E-state index contributed by atoms with van der Waals surface area (Å²) in [4.78, 5) is 10.8. The molecule has 0 saturated heterocycles. The maximum atomic E-state index is 10.4. The number of hydrogen-bond donors (Lipinski definition) is 0. The Balaban J connectivity index is 3.54. The van der Waals surface area contributed by atoms with Crippen LogP contribution in [0.1, 0.15) is 0 Å². The summed E-state index contributed by atoms with van der Waals surface area (Å²) in [6, 6.07) is 0. The number of thiocarbonyl (C=S) groups is 2. The van der Waals surface area contributed by atoms with E-state index in [4.69, 9.17) is 0 Å². The first-order valence-electron chi connectivity index (χ1n) is 2.48. The van der Waals surface area contributed by atoms with Crippen LogP contribution in [-0.4, -0.2) is 22.8 Å². The lowest BCUT2D eigenvalue weighted by atomic mass is 10.5. The van der Waals surface area contributed by atoms with Gasteiger partial charge in [-0.15, -0.1) is 0 Å². The molecule has 0 radical (unpaired) electrons. The third-order valence-electron chi connectivity index (χ3n) is 0.655. The van der Waals surface area contributed by atoms with E-state index in [0.29, 0.717) is 4.86 Å². The van der Waals surface area contributed by atoms with E-state index < -0.39 is 5.97 Å². The predicted octanol–water partition coefficient (Wildman–Crippen LogP) is 1.09. The minimum absolute atomic E-state index is 0.0731.